The van der Waals surface area contributed by atoms with Crippen LogP contribution in [-0.2, 0) is 0 Å². The largest absolute Gasteiger partial charge is 0.491 e. The summed E-state index contributed by atoms with van der Waals surface area (Å²) >= 11 is 5.81. The van der Waals surface area contributed by atoms with Gasteiger partial charge in [0.25, 0.3) is 0 Å². The number of carbonyl (C=O) groups excluding carboxylic acids is 1. The van der Waals surface area contributed by atoms with Crippen LogP contribution in [-0.4, -0.2) is 19.2 Å². The number of ether oxygens (including phenoxy) is 1. The zero-order valence-electron chi connectivity index (χ0n) is 13.0. The highest BCUT2D eigenvalue weighted by molar-refractivity contribution is 6.30. The van der Waals surface area contributed by atoms with Crippen LogP contribution >= 0.6 is 11.6 Å². The molecule has 0 aliphatic heterocycles. The summed E-state index contributed by atoms with van der Waals surface area (Å²) in [6.45, 7) is 0.796. The second-order valence-corrected chi connectivity index (χ2v) is 5.65. The van der Waals surface area contributed by atoms with E-state index in [0.717, 1.165) is 16.5 Å². The molecule has 0 saturated heterocycles. The van der Waals surface area contributed by atoms with Gasteiger partial charge in [0.05, 0.1) is 6.54 Å². The van der Waals surface area contributed by atoms with Gasteiger partial charge >= 0.3 is 6.03 Å². The van der Waals surface area contributed by atoms with Crippen molar-refractivity contribution in [2.75, 3.05) is 18.5 Å². The van der Waals surface area contributed by atoms with Crippen LogP contribution in [0.1, 0.15) is 0 Å². The summed E-state index contributed by atoms with van der Waals surface area (Å²) in [5.41, 5.74) is 0.687. The number of halogens is 1. The quantitative estimate of drug-likeness (QED) is 0.662. The molecule has 0 aliphatic carbocycles. The van der Waals surface area contributed by atoms with E-state index < -0.39 is 0 Å². The first-order valence-electron chi connectivity index (χ1n) is 7.63. The average molecular weight is 341 g/mol. The molecule has 0 radical (unpaired) electrons. The molecular formula is C19H17ClN2O2. The molecule has 0 fully saturated rings. The summed E-state index contributed by atoms with van der Waals surface area (Å²) in [4.78, 5) is 11.8. The van der Waals surface area contributed by atoms with Crippen LogP contribution in [0.15, 0.2) is 66.7 Å². The van der Waals surface area contributed by atoms with E-state index >= 15 is 0 Å². The van der Waals surface area contributed by atoms with E-state index in [0.29, 0.717) is 23.9 Å². The van der Waals surface area contributed by atoms with E-state index in [1.54, 1.807) is 24.3 Å². The molecule has 0 atom stereocenters. The molecule has 3 aromatic rings. The van der Waals surface area contributed by atoms with E-state index in [2.05, 4.69) is 10.6 Å². The second kappa shape index (κ2) is 7.70. The molecule has 0 heterocycles. The molecule has 24 heavy (non-hydrogen) atoms. The molecule has 5 heteroatoms. The van der Waals surface area contributed by atoms with Gasteiger partial charge in [-0.05, 0) is 35.7 Å². The molecule has 0 saturated carbocycles. The number of fused-ring (bicyclic) bond motifs is 1. The van der Waals surface area contributed by atoms with Gasteiger partial charge in [0.2, 0.25) is 0 Å². The van der Waals surface area contributed by atoms with Crippen molar-refractivity contribution < 1.29 is 9.53 Å². The fourth-order valence-corrected chi connectivity index (χ4v) is 2.48. The lowest BCUT2D eigenvalue weighted by Crippen LogP contribution is -2.32. The van der Waals surface area contributed by atoms with Crippen molar-refractivity contribution in [2.45, 2.75) is 0 Å². The SMILES string of the molecule is O=C(NCCOc1cccc2ccccc12)Nc1ccc(Cl)cc1. The van der Waals surface area contributed by atoms with Crippen molar-refractivity contribution in [1.82, 2.24) is 5.32 Å². The predicted octanol–water partition coefficient (Wildman–Crippen LogP) is 4.69. The van der Waals surface area contributed by atoms with Gasteiger partial charge in [-0.25, -0.2) is 4.79 Å². The lowest BCUT2D eigenvalue weighted by atomic mass is 10.1. The maximum Gasteiger partial charge on any atom is 0.319 e. The van der Waals surface area contributed by atoms with Gasteiger partial charge in [0, 0.05) is 16.1 Å². The van der Waals surface area contributed by atoms with Crippen molar-refractivity contribution in [1.29, 1.82) is 0 Å². The number of hydrogen-bond donors (Lipinski definition) is 2. The molecule has 0 bridgehead atoms. The number of nitrogens with one attached hydrogen (secondary N) is 2. The monoisotopic (exact) mass is 340 g/mol. The summed E-state index contributed by atoms with van der Waals surface area (Å²) in [7, 11) is 0. The van der Waals surface area contributed by atoms with Gasteiger partial charge in [-0.3, -0.25) is 0 Å². The van der Waals surface area contributed by atoms with Crippen molar-refractivity contribution in [2.24, 2.45) is 0 Å². The van der Waals surface area contributed by atoms with Crippen molar-refractivity contribution in [3.8, 4) is 5.75 Å². The van der Waals surface area contributed by atoms with E-state index in [9.17, 15) is 4.79 Å². The Morgan fingerprint density at radius 3 is 2.54 bits per heavy atom. The summed E-state index contributed by atoms with van der Waals surface area (Å²) in [5, 5.41) is 8.31. The number of rotatable bonds is 5. The lowest BCUT2D eigenvalue weighted by molar-refractivity contribution is 0.247. The number of amides is 2. The van der Waals surface area contributed by atoms with Gasteiger partial charge in [-0.2, -0.15) is 0 Å². The Bertz CT molecular complexity index is 829. The van der Waals surface area contributed by atoms with Crippen LogP contribution in [0, 0.1) is 0 Å². The van der Waals surface area contributed by atoms with Crippen molar-refractivity contribution >= 4 is 34.1 Å². The van der Waals surface area contributed by atoms with Crippen LogP contribution in [0.5, 0.6) is 5.75 Å². The first-order valence-corrected chi connectivity index (χ1v) is 8.01. The maximum absolute atomic E-state index is 11.8. The van der Waals surface area contributed by atoms with Crippen LogP contribution in [0.4, 0.5) is 10.5 Å². The smallest absolute Gasteiger partial charge is 0.319 e. The molecule has 0 unspecified atom stereocenters. The molecule has 3 rings (SSSR count). The third kappa shape index (κ3) is 4.18. The summed E-state index contributed by atoms with van der Waals surface area (Å²) in [6.07, 6.45) is 0. The predicted molar refractivity (Wildman–Crippen MR) is 97.9 cm³/mol. The van der Waals surface area contributed by atoms with Crippen LogP contribution in [0.25, 0.3) is 10.8 Å². The number of carbonyl (C=O) groups is 1. The highest BCUT2D eigenvalue weighted by Gasteiger charge is 2.03. The third-order valence-electron chi connectivity index (χ3n) is 3.50. The molecule has 2 amide bonds. The minimum absolute atomic E-state index is 0.279. The van der Waals surface area contributed by atoms with Gasteiger partial charge in [-0.1, -0.05) is 48.0 Å². The molecule has 0 spiro atoms. The minimum atomic E-state index is -0.279. The molecule has 0 aliphatic rings. The second-order valence-electron chi connectivity index (χ2n) is 5.21. The normalized spacial score (nSPS) is 10.4. The topological polar surface area (TPSA) is 50.4 Å². The van der Waals surface area contributed by atoms with Crippen LogP contribution < -0.4 is 15.4 Å². The summed E-state index contributed by atoms with van der Waals surface area (Å²) in [6, 6.07) is 20.6. The molecule has 2 N–H and O–H groups in total. The minimum Gasteiger partial charge on any atom is -0.491 e. The average Bonchev–Trinajstić information content (AvgIpc) is 2.61. The maximum atomic E-state index is 11.8. The fraction of sp³-hybridized carbons (Fsp3) is 0.105. The Morgan fingerprint density at radius 1 is 0.958 bits per heavy atom. The Morgan fingerprint density at radius 2 is 1.71 bits per heavy atom. The zero-order valence-corrected chi connectivity index (χ0v) is 13.7. The Labute approximate surface area is 145 Å². The number of anilines is 1. The number of urea groups is 1. The van der Waals surface area contributed by atoms with E-state index in [1.807, 2.05) is 42.5 Å². The first kappa shape index (κ1) is 16.1. The lowest BCUT2D eigenvalue weighted by Gasteiger charge is -2.11. The van der Waals surface area contributed by atoms with Gasteiger partial charge in [0.15, 0.2) is 0 Å². The fourth-order valence-electron chi connectivity index (χ4n) is 2.36. The van der Waals surface area contributed by atoms with E-state index in [4.69, 9.17) is 16.3 Å². The zero-order chi connectivity index (χ0) is 16.8. The van der Waals surface area contributed by atoms with Gasteiger partial charge in [0.1, 0.15) is 12.4 Å². The van der Waals surface area contributed by atoms with E-state index in [-0.39, 0.29) is 6.03 Å². The molecule has 3 aromatic carbocycles. The Hall–Kier alpha value is -2.72. The molecular weight excluding hydrogens is 324 g/mol. The van der Waals surface area contributed by atoms with Gasteiger partial charge in [-0.15, -0.1) is 0 Å². The van der Waals surface area contributed by atoms with Crippen molar-refractivity contribution in [3.63, 3.8) is 0 Å². The molecule has 122 valence electrons. The van der Waals surface area contributed by atoms with E-state index in [1.165, 1.54) is 0 Å². The highest BCUT2D eigenvalue weighted by Crippen LogP contribution is 2.24. The Balaban J connectivity index is 1.48. The molecule has 4 nitrogen and oxygen atoms in total. The summed E-state index contributed by atoms with van der Waals surface area (Å²) in [5.74, 6) is 0.813. The standard InChI is InChI=1S/C19H17ClN2O2/c20-15-8-10-16(11-9-15)22-19(23)21-12-13-24-18-7-3-5-14-4-1-2-6-17(14)18/h1-11H,12-13H2,(H2,21,22,23). The van der Waals surface area contributed by atoms with Crippen LogP contribution in [0.3, 0.4) is 0 Å². The number of benzene rings is 3. The van der Waals surface area contributed by atoms with Crippen LogP contribution in [0.2, 0.25) is 5.02 Å². The van der Waals surface area contributed by atoms with Crippen molar-refractivity contribution in [3.05, 3.63) is 71.8 Å². The third-order valence-corrected chi connectivity index (χ3v) is 3.75. The Kier molecular flexibility index (Phi) is 5.18. The van der Waals surface area contributed by atoms with Gasteiger partial charge < -0.3 is 15.4 Å². The number of hydrogen-bond acceptors (Lipinski definition) is 2. The highest BCUT2D eigenvalue weighted by atomic mass is 35.5. The summed E-state index contributed by atoms with van der Waals surface area (Å²) < 4.78 is 5.78. The molecule has 0 aromatic heterocycles. The first-order chi connectivity index (χ1) is 11.7.